The first-order chi connectivity index (χ1) is 9.43. The molecule has 1 aromatic heterocycles. The maximum absolute atomic E-state index is 12.0. The molecule has 0 aliphatic rings. The van der Waals surface area contributed by atoms with Gasteiger partial charge in [-0.1, -0.05) is 0 Å². The van der Waals surface area contributed by atoms with E-state index in [1.807, 2.05) is 13.8 Å². The van der Waals surface area contributed by atoms with Gasteiger partial charge < -0.3 is 16.1 Å². The number of nitrogens with two attached hydrogens (primary N) is 1. The summed E-state index contributed by atoms with van der Waals surface area (Å²) in [6.07, 6.45) is 1.68. The SMILES string of the molecule is Cc1cc(NN)c(C(=O)NCCC(=O)NC(C)C)cn1. The van der Waals surface area contributed by atoms with E-state index in [2.05, 4.69) is 21.0 Å². The molecule has 0 aliphatic carbocycles. The first-order valence-electron chi connectivity index (χ1n) is 6.45. The van der Waals surface area contributed by atoms with Crippen molar-refractivity contribution in [1.82, 2.24) is 15.6 Å². The van der Waals surface area contributed by atoms with E-state index in [1.54, 1.807) is 13.0 Å². The standard InChI is InChI=1S/C13H21N5O2/c1-8(2)17-12(19)4-5-15-13(20)10-7-16-9(3)6-11(10)18-14/h6-8H,4-5,14H2,1-3H3,(H,15,20)(H,16,18)(H,17,19). The molecule has 0 saturated heterocycles. The van der Waals surface area contributed by atoms with Gasteiger partial charge in [-0.2, -0.15) is 0 Å². The lowest BCUT2D eigenvalue weighted by Gasteiger charge is -2.11. The molecule has 0 radical (unpaired) electrons. The Balaban J connectivity index is 2.53. The second kappa shape index (κ2) is 7.44. The normalized spacial score (nSPS) is 10.2. The lowest BCUT2D eigenvalue weighted by molar-refractivity contribution is -0.121. The van der Waals surface area contributed by atoms with Crippen LogP contribution in [0.4, 0.5) is 5.69 Å². The van der Waals surface area contributed by atoms with Crippen molar-refractivity contribution in [1.29, 1.82) is 0 Å². The van der Waals surface area contributed by atoms with Gasteiger partial charge in [0, 0.05) is 30.9 Å². The Morgan fingerprint density at radius 2 is 2.10 bits per heavy atom. The molecule has 0 spiro atoms. The van der Waals surface area contributed by atoms with Crippen LogP contribution in [-0.4, -0.2) is 29.4 Å². The Kier molecular flexibility index (Phi) is 5.92. The van der Waals surface area contributed by atoms with E-state index < -0.39 is 0 Å². The molecular formula is C13H21N5O2. The fourth-order valence-electron chi connectivity index (χ4n) is 1.64. The van der Waals surface area contributed by atoms with E-state index in [1.165, 1.54) is 6.20 Å². The molecule has 0 saturated carbocycles. The summed E-state index contributed by atoms with van der Waals surface area (Å²) in [7, 11) is 0. The van der Waals surface area contributed by atoms with Crippen LogP contribution in [0.5, 0.6) is 0 Å². The van der Waals surface area contributed by atoms with Gasteiger partial charge in [-0.3, -0.25) is 20.4 Å². The summed E-state index contributed by atoms with van der Waals surface area (Å²) in [6.45, 7) is 5.83. The van der Waals surface area contributed by atoms with Crippen molar-refractivity contribution in [2.24, 2.45) is 5.84 Å². The molecule has 0 unspecified atom stereocenters. The molecule has 5 N–H and O–H groups in total. The van der Waals surface area contributed by atoms with Crippen molar-refractivity contribution in [2.45, 2.75) is 33.2 Å². The first kappa shape index (κ1) is 15.9. The third kappa shape index (κ3) is 4.85. The predicted octanol–water partition coefficient (Wildman–Crippen LogP) is 0.320. The van der Waals surface area contributed by atoms with Crippen molar-refractivity contribution in [3.8, 4) is 0 Å². The smallest absolute Gasteiger partial charge is 0.255 e. The number of nitrogens with zero attached hydrogens (tertiary/aromatic N) is 1. The number of hydrogen-bond acceptors (Lipinski definition) is 5. The quantitative estimate of drug-likeness (QED) is 0.443. The van der Waals surface area contributed by atoms with Gasteiger partial charge in [0.1, 0.15) is 0 Å². The van der Waals surface area contributed by atoms with Crippen LogP contribution in [0.3, 0.4) is 0 Å². The van der Waals surface area contributed by atoms with Gasteiger partial charge in [-0.25, -0.2) is 0 Å². The van der Waals surface area contributed by atoms with Crippen LogP contribution in [0.15, 0.2) is 12.3 Å². The minimum Gasteiger partial charge on any atom is -0.354 e. The Morgan fingerprint density at radius 1 is 1.40 bits per heavy atom. The number of nitrogens with one attached hydrogen (secondary N) is 3. The number of nitrogen functional groups attached to an aromatic ring is 1. The summed E-state index contributed by atoms with van der Waals surface area (Å²) >= 11 is 0. The predicted molar refractivity (Wildman–Crippen MR) is 77.0 cm³/mol. The van der Waals surface area contributed by atoms with Gasteiger partial charge in [0.15, 0.2) is 0 Å². The van der Waals surface area contributed by atoms with E-state index in [9.17, 15) is 9.59 Å². The summed E-state index contributed by atoms with van der Waals surface area (Å²) < 4.78 is 0. The largest absolute Gasteiger partial charge is 0.354 e. The highest BCUT2D eigenvalue weighted by molar-refractivity contribution is 5.99. The highest BCUT2D eigenvalue weighted by Crippen LogP contribution is 2.13. The summed E-state index contributed by atoms with van der Waals surface area (Å²) in [5.41, 5.74) is 4.07. The molecule has 7 heteroatoms. The number of rotatable bonds is 6. The number of amides is 2. The first-order valence-corrected chi connectivity index (χ1v) is 6.45. The third-order valence-electron chi connectivity index (χ3n) is 2.53. The van der Waals surface area contributed by atoms with Crippen molar-refractivity contribution < 1.29 is 9.59 Å². The van der Waals surface area contributed by atoms with Gasteiger partial charge in [-0.15, -0.1) is 0 Å². The van der Waals surface area contributed by atoms with Gasteiger partial charge in [0.05, 0.1) is 11.3 Å². The van der Waals surface area contributed by atoms with Gasteiger partial charge in [0.25, 0.3) is 5.91 Å². The van der Waals surface area contributed by atoms with Crippen LogP contribution in [0.2, 0.25) is 0 Å². The number of aromatic nitrogens is 1. The highest BCUT2D eigenvalue weighted by Gasteiger charge is 2.12. The van der Waals surface area contributed by atoms with Gasteiger partial charge >= 0.3 is 0 Å². The van der Waals surface area contributed by atoms with E-state index in [0.29, 0.717) is 11.3 Å². The monoisotopic (exact) mass is 279 g/mol. The number of carbonyl (C=O) groups excluding carboxylic acids is 2. The fraction of sp³-hybridized carbons (Fsp3) is 0.462. The molecule has 0 fully saturated rings. The molecule has 2 amide bonds. The maximum atomic E-state index is 12.0. The van der Waals surface area contributed by atoms with Gasteiger partial charge in [-0.05, 0) is 26.8 Å². The second-order valence-corrected chi connectivity index (χ2v) is 4.74. The summed E-state index contributed by atoms with van der Waals surface area (Å²) in [5, 5.41) is 5.41. The number of carbonyl (C=O) groups is 2. The highest BCUT2D eigenvalue weighted by atomic mass is 16.2. The Labute approximate surface area is 118 Å². The Hall–Kier alpha value is -2.15. The topological polar surface area (TPSA) is 109 Å². The van der Waals surface area contributed by atoms with Crippen molar-refractivity contribution in [2.75, 3.05) is 12.0 Å². The lowest BCUT2D eigenvalue weighted by atomic mass is 10.2. The fourth-order valence-corrected chi connectivity index (χ4v) is 1.64. The van der Waals surface area contributed by atoms with Crippen molar-refractivity contribution in [3.63, 3.8) is 0 Å². The van der Waals surface area contributed by atoms with Crippen molar-refractivity contribution in [3.05, 3.63) is 23.5 Å². The van der Waals surface area contributed by atoms with Crippen molar-refractivity contribution >= 4 is 17.5 Å². The minimum atomic E-state index is -0.317. The molecule has 0 bridgehead atoms. The van der Waals surface area contributed by atoms with E-state index in [0.717, 1.165) is 5.69 Å². The molecular weight excluding hydrogens is 258 g/mol. The Bertz CT molecular complexity index is 488. The summed E-state index contributed by atoms with van der Waals surface area (Å²) in [6, 6.07) is 1.77. The molecule has 110 valence electrons. The van der Waals surface area contributed by atoms with Crippen LogP contribution in [0.1, 0.15) is 36.3 Å². The minimum absolute atomic E-state index is 0.0903. The second-order valence-electron chi connectivity index (χ2n) is 4.74. The van der Waals surface area contributed by atoms with E-state index >= 15 is 0 Å². The zero-order valence-electron chi connectivity index (χ0n) is 12.0. The van der Waals surface area contributed by atoms with Crippen LogP contribution in [-0.2, 0) is 4.79 Å². The number of anilines is 1. The van der Waals surface area contributed by atoms with Crippen LogP contribution >= 0.6 is 0 Å². The molecule has 7 nitrogen and oxygen atoms in total. The van der Waals surface area contributed by atoms with E-state index in [-0.39, 0.29) is 30.8 Å². The molecule has 1 rings (SSSR count). The third-order valence-corrected chi connectivity index (χ3v) is 2.53. The number of hydrogen-bond donors (Lipinski definition) is 4. The molecule has 0 aromatic carbocycles. The zero-order valence-corrected chi connectivity index (χ0v) is 12.0. The number of aryl methyl sites for hydroxylation is 1. The molecule has 1 heterocycles. The number of hydrazine groups is 1. The van der Waals surface area contributed by atoms with Gasteiger partial charge in [0.2, 0.25) is 5.91 Å². The molecule has 0 aliphatic heterocycles. The number of pyridine rings is 1. The molecule has 20 heavy (non-hydrogen) atoms. The van der Waals surface area contributed by atoms with Crippen LogP contribution in [0, 0.1) is 6.92 Å². The summed E-state index contributed by atoms with van der Waals surface area (Å²) in [5.74, 6) is 4.95. The average Bonchev–Trinajstić information content (AvgIpc) is 2.37. The van der Waals surface area contributed by atoms with Crippen LogP contribution in [0.25, 0.3) is 0 Å². The maximum Gasteiger partial charge on any atom is 0.255 e. The van der Waals surface area contributed by atoms with E-state index in [4.69, 9.17) is 5.84 Å². The zero-order chi connectivity index (χ0) is 15.1. The lowest BCUT2D eigenvalue weighted by Crippen LogP contribution is -2.34. The molecule has 1 aromatic rings. The molecule has 0 atom stereocenters. The van der Waals surface area contributed by atoms with Crippen LogP contribution < -0.4 is 21.9 Å². The average molecular weight is 279 g/mol. The summed E-state index contributed by atoms with van der Waals surface area (Å²) in [4.78, 5) is 27.4. The Morgan fingerprint density at radius 3 is 2.70 bits per heavy atom.